The Morgan fingerprint density at radius 2 is 2.38 bits per heavy atom. The zero-order chi connectivity index (χ0) is 11.5. The van der Waals surface area contributed by atoms with Crippen LogP contribution < -0.4 is 0 Å². The van der Waals surface area contributed by atoms with E-state index in [0.29, 0.717) is 5.37 Å². The van der Waals surface area contributed by atoms with Crippen LogP contribution in [0.15, 0.2) is 11.8 Å². The van der Waals surface area contributed by atoms with E-state index in [1.165, 1.54) is 12.8 Å². The van der Waals surface area contributed by atoms with Crippen LogP contribution in [-0.4, -0.2) is 33.6 Å². The maximum absolute atomic E-state index is 11.8. The van der Waals surface area contributed by atoms with Gasteiger partial charge >= 0.3 is 0 Å². The monoisotopic (exact) mass is 241 g/mol. The van der Waals surface area contributed by atoms with Crippen molar-refractivity contribution in [2.45, 2.75) is 38.0 Å². The average molecular weight is 241 g/mol. The van der Waals surface area contributed by atoms with Crippen molar-refractivity contribution in [3.8, 4) is 0 Å². The summed E-state index contributed by atoms with van der Waals surface area (Å²) >= 11 is 1.79. The highest BCUT2D eigenvalue weighted by Gasteiger charge is 2.47. The van der Waals surface area contributed by atoms with Gasteiger partial charge < -0.3 is 10.0 Å². The number of amides is 1. The summed E-state index contributed by atoms with van der Waals surface area (Å²) in [6.45, 7) is 2.25. The minimum absolute atomic E-state index is 0.0734. The second-order valence-electron chi connectivity index (χ2n) is 4.49. The molecule has 1 saturated heterocycles. The van der Waals surface area contributed by atoms with E-state index in [1.807, 2.05) is 6.20 Å². The molecular formula is C12H19NO2S. The topological polar surface area (TPSA) is 40.5 Å². The SMILES string of the molecule is CCCCCC1C(=O)N2C=C(CO)CS[C@H]12. The molecule has 0 bridgehead atoms. The first kappa shape index (κ1) is 12.0. The normalized spacial score (nSPS) is 28.5. The van der Waals surface area contributed by atoms with Crippen LogP contribution in [0.25, 0.3) is 0 Å². The van der Waals surface area contributed by atoms with Gasteiger partial charge in [0.2, 0.25) is 5.91 Å². The van der Waals surface area contributed by atoms with E-state index in [0.717, 1.165) is 24.2 Å². The number of carbonyl (C=O) groups is 1. The van der Waals surface area contributed by atoms with E-state index in [1.54, 1.807) is 16.7 Å². The Bertz CT molecular complexity index is 303. The van der Waals surface area contributed by atoms with Crippen molar-refractivity contribution >= 4 is 17.7 Å². The average Bonchev–Trinajstić information content (AvgIpc) is 2.33. The van der Waals surface area contributed by atoms with Gasteiger partial charge in [0.1, 0.15) is 0 Å². The van der Waals surface area contributed by atoms with Crippen LogP contribution in [0.2, 0.25) is 0 Å². The van der Waals surface area contributed by atoms with Gasteiger partial charge in [0, 0.05) is 12.0 Å². The third-order valence-electron chi connectivity index (χ3n) is 3.27. The number of nitrogens with zero attached hydrogens (tertiary/aromatic N) is 1. The molecule has 90 valence electrons. The van der Waals surface area contributed by atoms with Gasteiger partial charge in [0.25, 0.3) is 0 Å². The third-order valence-corrected chi connectivity index (χ3v) is 4.71. The van der Waals surface area contributed by atoms with Crippen molar-refractivity contribution < 1.29 is 9.90 Å². The molecular weight excluding hydrogens is 222 g/mol. The number of β-lactam (4-membered cyclic amide) rings is 1. The Morgan fingerprint density at radius 3 is 3.06 bits per heavy atom. The lowest BCUT2D eigenvalue weighted by Crippen LogP contribution is -2.58. The van der Waals surface area contributed by atoms with Crippen LogP contribution in [-0.2, 0) is 4.79 Å². The smallest absolute Gasteiger partial charge is 0.233 e. The molecule has 0 aromatic carbocycles. The van der Waals surface area contributed by atoms with E-state index in [9.17, 15) is 4.79 Å². The predicted octanol–water partition coefficient (Wildman–Crippen LogP) is 1.97. The number of fused-ring (bicyclic) bond motifs is 1. The van der Waals surface area contributed by atoms with Gasteiger partial charge in [-0.25, -0.2) is 0 Å². The molecule has 2 atom stereocenters. The molecule has 2 rings (SSSR count). The molecule has 1 amide bonds. The fourth-order valence-electron chi connectivity index (χ4n) is 2.28. The lowest BCUT2D eigenvalue weighted by molar-refractivity contribution is -0.146. The second-order valence-corrected chi connectivity index (χ2v) is 5.60. The maximum Gasteiger partial charge on any atom is 0.233 e. The zero-order valence-electron chi connectivity index (χ0n) is 9.69. The summed E-state index contributed by atoms with van der Waals surface area (Å²) in [6, 6.07) is 0. The first-order chi connectivity index (χ1) is 7.77. The predicted molar refractivity (Wildman–Crippen MR) is 65.9 cm³/mol. The number of carbonyl (C=O) groups excluding carboxylic acids is 1. The number of rotatable bonds is 5. The minimum atomic E-state index is 0.0734. The molecule has 0 radical (unpaired) electrons. The standard InChI is InChI=1S/C12H19NO2S/c1-2-3-4-5-10-11(15)13-6-9(7-14)8-16-12(10)13/h6,10,12,14H,2-5,7-8H2,1H3/t10?,12-/m1/s1. The van der Waals surface area contributed by atoms with Crippen molar-refractivity contribution in [3.05, 3.63) is 11.8 Å². The Morgan fingerprint density at radius 1 is 1.56 bits per heavy atom. The molecule has 16 heavy (non-hydrogen) atoms. The van der Waals surface area contributed by atoms with Crippen molar-refractivity contribution in [2.24, 2.45) is 5.92 Å². The molecule has 2 aliphatic heterocycles. The molecule has 2 heterocycles. The number of hydrogen-bond donors (Lipinski definition) is 1. The van der Waals surface area contributed by atoms with Crippen molar-refractivity contribution in [1.29, 1.82) is 0 Å². The van der Waals surface area contributed by atoms with Crippen LogP contribution in [0.1, 0.15) is 32.6 Å². The maximum atomic E-state index is 11.8. The lowest BCUT2D eigenvalue weighted by atomic mass is 9.92. The lowest BCUT2D eigenvalue weighted by Gasteiger charge is -2.47. The number of hydrogen-bond acceptors (Lipinski definition) is 3. The summed E-state index contributed by atoms with van der Waals surface area (Å²) in [5.41, 5.74) is 0.960. The van der Waals surface area contributed by atoms with Crippen LogP contribution in [0.5, 0.6) is 0 Å². The first-order valence-electron chi connectivity index (χ1n) is 6.02. The summed E-state index contributed by atoms with van der Waals surface area (Å²) in [5.74, 6) is 1.35. The first-order valence-corrected chi connectivity index (χ1v) is 7.07. The number of unbranched alkanes of at least 4 members (excludes halogenated alkanes) is 2. The third kappa shape index (κ3) is 2.13. The summed E-state index contributed by atoms with van der Waals surface area (Å²) < 4.78 is 0. The molecule has 3 nitrogen and oxygen atoms in total. The fourth-order valence-corrected chi connectivity index (χ4v) is 3.64. The molecule has 1 N–H and O–H groups in total. The molecule has 0 aliphatic carbocycles. The molecule has 1 unspecified atom stereocenters. The van der Waals surface area contributed by atoms with E-state index in [-0.39, 0.29) is 18.4 Å². The fraction of sp³-hybridized carbons (Fsp3) is 0.750. The Hall–Kier alpha value is -0.480. The van der Waals surface area contributed by atoms with Gasteiger partial charge in [-0.05, 0) is 12.0 Å². The van der Waals surface area contributed by atoms with Gasteiger partial charge in [-0.1, -0.05) is 26.2 Å². The molecule has 0 aromatic heterocycles. The molecule has 0 spiro atoms. The Balaban J connectivity index is 1.88. The molecule has 1 fully saturated rings. The zero-order valence-corrected chi connectivity index (χ0v) is 10.5. The summed E-state index contributed by atoms with van der Waals surface area (Å²) in [4.78, 5) is 13.6. The van der Waals surface area contributed by atoms with E-state index < -0.39 is 0 Å². The van der Waals surface area contributed by atoms with Gasteiger partial charge in [0.15, 0.2) is 0 Å². The number of aliphatic hydroxyl groups excluding tert-OH is 1. The quantitative estimate of drug-likeness (QED) is 0.591. The van der Waals surface area contributed by atoms with Gasteiger partial charge in [0.05, 0.1) is 17.9 Å². The largest absolute Gasteiger partial charge is 0.392 e. The van der Waals surface area contributed by atoms with Crippen LogP contribution in [0, 0.1) is 5.92 Å². The van der Waals surface area contributed by atoms with Gasteiger partial charge in [-0.3, -0.25) is 4.79 Å². The molecule has 0 aromatic rings. The Kier molecular flexibility index (Phi) is 3.92. The van der Waals surface area contributed by atoms with Crippen molar-refractivity contribution in [1.82, 2.24) is 4.90 Å². The van der Waals surface area contributed by atoms with Crippen LogP contribution >= 0.6 is 11.8 Å². The van der Waals surface area contributed by atoms with Crippen LogP contribution in [0.4, 0.5) is 0 Å². The van der Waals surface area contributed by atoms with Crippen LogP contribution in [0.3, 0.4) is 0 Å². The van der Waals surface area contributed by atoms with Gasteiger partial charge in [-0.15, -0.1) is 11.8 Å². The van der Waals surface area contributed by atoms with Crippen molar-refractivity contribution in [3.63, 3.8) is 0 Å². The summed E-state index contributed by atoms with van der Waals surface area (Å²) in [5, 5.41) is 9.37. The molecule has 0 saturated carbocycles. The number of thioether (sulfide) groups is 1. The van der Waals surface area contributed by atoms with Crippen molar-refractivity contribution in [2.75, 3.05) is 12.4 Å². The van der Waals surface area contributed by atoms with E-state index in [4.69, 9.17) is 5.11 Å². The number of aliphatic hydroxyl groups is 1. The minimum Gasteiger partial charge on any atom is -0.392 e. The highest BCUT2D eigenvalue weighted by atomic mass is 32.2. The second kappa shape index (κ2) is 5.23. The highest BCUT2D eigenvalue weighted by Crippen LogP contribution is 2.42. The molecule has 4 heteroatoms. The van der Waals surface area contributed by atoms with E-state index >= 15 is 0 Å². The summed E-state index contributed by atoms with van der Waals surface area (Å²) in [7, 11) is 0. The van der Waals surface area contributed by atoms with E-state index in [2.05, 4.69) is 6.92 Å². The Labute approximate surface area is 101 Å². The highest BCUT2D eigenvalue weighted by molar-refractivity contribution is 8.00. The summed E-state index contributed by atoms with van der Waals surface area (Å²) in [6.07, 6.45) is 6.47. The molecule has 2 aliphatic rings. The van der Waals surface area contributed by atoms with Gasteiger partial charge in [-0.2, -0.15) is 0 Å².